The van der Waals surface area contributed by atoms with E-state index < -0.39 is 0 Å². The molecule has 3 aliphatic rings. The molecular formula is C13H20N4. The van der Waals surface area contributed by atoms with Crippen LogP contribution >= 0.6 is 0 Å². The molecule has 1 aromatic heterocycles. The predicted molar refractivity (Wildman–Crippen MR) is 70.0 cm³/mol. The van der Waals surface area contributed by atoms with Gasteiger partial charge in [-0.25, -0.2) is 4.98 Å². The number of hydrogen-bond donors (Lipinski definition) is 2. The highest BCUT2D eigenvalue weighted by Gasteiger charge is 2.34. The lowest BCUT2D eigenvalue weighted by Gasteiger charge is -2.45. The van der Waals surface area contributed by atoms with E-state index in [0.29, 0.717) is 6.04 Å². The molecule has 0 aromatic carbocycles. The minimum Gasteiger partial charge on any atom is -0.397 e. The first-order chi connectivity index (χ1) is 8.22. The Labute approximate surface area is 102 Å². The van der Waals surface area contributed by atoms with Gasteiger partial charge in [-0.3, -0.25) is 0 Å². The van der Waals surface area contributed by atoms with Crippen LogP contribution in [0.15, 0.2) is 12.1 Å². The average Bonchev–Trinajstić information content (AvgIpc) is 2.35. The summed E-state index contributed by atoms with van der Waals surface area (Å²) < 4.78 is 0. The third-order valence-electron chi connectivity index (χ3n) is 4.12. The lowest BCUT2D eigenvalue weighted by atomic mass is 9.84. The van der Waals surface area contributed by atoms with Gasteiger partial charge in [-0.1, -0.05) is 0 Å². The fourth-order valence-electron chi connectivity index (χ4n) is 2.97. The molecule has 4 heterocycles. The van der Waals surface area contributed by atoms with Gasteiger partial charge in [0, 0.05) is 12.6 Å². The Hall–Kier alpha value is -1.29. The Bertz CT molecular complexity index is 410. The van der Waals surface area contributed by atoms with Crippen molar-refractivity contribution in [2.45, 2.75) is 25.8 Å². The molecule has 0 saturated carbocycles. The molecule has 1 aromatic rings. The van der Waals surface area contributed by atoms with Gasteiger partial charge < -0.3 is 16.0 Å². The normalized spacial score (nSPS) is 31.5. The van der Waals surface area contributed by atoms with Crippen LogP contribution in [0.3, 0.4) is 0 Å². The highest BCUT2D eigenvalue weighted by Crippen LogP contribution is 2.29. The molecule has 3 aliphatic heterocycles. The van der Waals surface area contributed by atoms with Crippen LogP contribution in [0.2, 0.25) is 0 Å². The number of aromatic nitrogens is 1. The second-order valence-corrected chi connectivity index (χ2v) is 5.26. The van der Waals surface area contributed by atoms with Gasteiger partial charge in [0.05, 0.1) is 11.4 Å². The summed E-state index contributed by atoms with van der Waals surface area (Å²) in [6, 6.07) is 4.49. The first kappa shape index (κ1) is 10.8. The van der Waals surface area contributed by atoms with Gasteiger partial charge in [0.15, 0.2) is 0 Å². The van der Waals surface area contributed by atoms with Crippen molar-refractivity contribution in [3.8, 4) is 0 Å². The van der Waals surface area contributed by atoms with Gasteiger partial charge >= 0.3 is 0 Å². The molecular weight excluding hydrogens is 212 g/mol. The molecule has 4 heteroatoms. The molecule has 2 bridgehead atoms. The maximum absolute atomic E-state index is 5.78. The van der Waals surface area contributed by atoms with Gasteiger partial charge in [0.25, 0.3) is 0 Å². The number of rotatable bonds is 2. The van der Waals surface area contributed by atoms with Crippen molar-refractivity contribution in [3.05, 3.63) is 17.8 Å². The monoisotopic (exact) mass is 232 g/mol. The zero-order valence-corrected chi connectivity index (χ0v) is 10.3. The van der Waals surface area contributed by atoms with Crippen LogP contribution in [0.25, 0.3) is 0 Å². The average molecular weight is 232 g/mol. The maximum Gasteiger partial charge on any atom is 0.126 e. The molecule has 0 amide bonds. The number of fused-ring (bicyclic) bond motifs is 3. The maximum atomic E-state index is 5.78. The summed E-state index contributed by atoms with van der Waals surface area (Å²) in [6.45, 7) is 5.67. The number of pyridine rings is 1. The van der Waals surface area contributed by atoms with Gasteiger partial charge in [0.1, 0.15) is 5.82 Å². The molecule has 0 radical (unpaired) electrons. The summed E-state index contributed by atoms with van der Waals surface area (Å²) in [5.74, 6) is 1.79. The molecule has 0 spiro atoms. The van der Waals surface area contributed by atoms with E-state index >= 15 is 0 Å². The van der Waals surface area contributed by atoms with Gasteiger partial charge in [-0.05, 0) is 50.9 Å². The van der Waals surface area contributed by atoms with E-state index in [1.54, 1.807) is 0 Å². The second-order valence-electron chi connectivity index (χ2n) is 5.26. The molecule has 4 rings (SSSR count). The van der Waals surface area contributed by atoms with Crippen LogP contribution in [-0.4, -0.2) is 35.6 Å². The van der Waals surface area contributed by atoms with Crippen LogP contribution in [0, 0.1) is 12.8 Å². The van der Waals surface area contributed by atoms with Crippen LogP contribution in [0.5, 0.6) is 0 Å². The molecule has 17 heavy (non-hydrogen) atoms. The lowest BCUT2D eigenvalue weighted by Crippen LogP contribution is -2.53. The largest absolute Gasteiger partial charge is 0.397 e. The quantitative estimate of drug-likeness (QED) is 0.811. The number of aryl methyl sites for hydroxylation is 1. The summed E-state index contributed by atoms with van der Waals surface area (Å²) in [6.07, 6.45) is 2.65. The van der Waals surface area contributed by atoms with E-state index in [9.17, 15) is 0 Å². The summed E-state index contributed by atoms with van der Waals surface area (Å²) >= 11 is 0. The number of piperidine rings is 3. The van der Waals surface area contributed by atoms with Gasteiger partial charge in [0.2, 0.25) is 0 Å². The first-order valence-corrected chi connectivity index (χ1v) is 6.44. The van der Waals surface area contributed by atoms with Crippen molar-refractivity contribution in [3.63, 3.8) is 0 Å². The van der Waals surface area contributed by atoms with E-state index in [1.165, 1.54) is 25.9 Å². The molecule has 0 aliphatic carbocycles. The Morgan fingerprint density at radius 2 is 2.12 bits per heavy atom. The second kappa shape index (κ2) is 4.18. The Morgan fingerprint density at radius 1 is 1.35 bits per heavy atom. The number of hydrogen-bond acceptors (Lipinski definition) is 4. The fourth-order valence-corrected chi connectivity index (χ4v) is 2.97. The number of nitrogens with zero attached hydrogens (tertiary/aromatic N) is 2. The third kappa shape index (κ3) is 2.09. The van der Waals surface area contributed by atoms with Crippen LogP contribution in [-0.2, 0) is 0 Å². The van der Waals surface area contributed by atoms with Gasteiger partial charge in [-0.15, -0.1) is 0 Å². The summed E-state index contributed by atoms with van der Waals surface area (Å²) in [5, 5.41) is 3.57. The topological polar surface area (TPSA) is 54.2 Å². The van der Waals surface area contributed by atoms with Crippen molar-refractivity contribution >= 4 is 11.5 Å². The van der Waals surface area contributed by atoms with Crippen molar-refractivity contribution in [1.29, 1.82) is 0 Å². The van der Waals surface area contributed by atoms with Crippen LogP contribution in [0.4, 0.5) is 11.5 Å². The van der Waals surface area contributed by atoms with E-state index in [1.807, 2.05) is 19.1 Å². The van der Waals surface area contributed by atoms with Crippen molar-refractivity contribution < 1.29 is 0 Å². The van der Waals surface area contributed by atoms with Crippen molar-refractivity contribution in [2.75, 3.05) is 30.7 Å². The molecule has 1 unspecified atom stereocenters. The summed E-state index contributed by atoms with van der Waals surface area (Å²) in [5.41, 5.74) is 7.47. The number of anilines is 2. The number of nitrogen functional groups attached to an aromatic ring is 1. The Kier molecular flexibility index (Phi) is 2.67. The summed E-state index contributed by atoms with van der Waals surface area (Å²) in [7, 11) is 0. The van der Waals surface area contributed by atoms with Gasteiger partial charge in [-0.2, -0.15) is 0 Å². The molecule has 4 nitrogen and oxygen atoms in total. The first-order valence-electron chi connectivity index (χ1n) is 6.44. The zero-order valence-electron chi connectivity index (χ0n) is 10.3. The number of nitrogens with two attached hydrogens (primary N) is 1. The standard InChI is InChI=1S/C13H20N4/c1-9-11(14)2-3-13(15-9)16-12-8-17-6-4-10(12)5-7-17/h2-3,10,12H,4-8,14H2,1H3,(H,15,16). The predicted octanol–water partition coefficient (Wildman–Crippen LogP) is 1.48. The molecule has 1 atom stereocenters. The van der Waals surface area contributed by atoms with E-state index in [4.69, 9.17) is 5.73 Å². The molecule has 3 saturated heterocycles. The van der Waals surface area contributed by atoms with E-state index in [-0.39, 0.29) is 0 Å². The SMILES string of the molecule is Cc1nc(NC2CN3CCC2CC3)ccc1N. The zero-order chi connectivity index (χ0) is 11.8. The van der Waals surface area contributed by atoms with Crippen molar-refractivity contribution in [1.82, 2.24) is 9.88 Å². The van der Waals surface area contributed by atoms with E-state index in [0.717, 1.165) is 29.7 Å². The molecule has 3 fully saturated rings. The Balaban J connectivity index is 1.72. The molecule has 3 N–H and O–H groups in total. The Morgan fingerprint density at radius 3 is 2.71 bits per heavy atom. The number of nitrogens with one attached hydrogen (secondary N) is 1. The fraction of sp³-hybridized carbons (Fsp3) is 0.615. The highest BCUT2D eigenvalue weighted by atomic mass is 15.2. The summed E-state index contributed by atoms with van der Waals surface area (Å²) in [4.78, 5) is 7.04. The minimum atomic E-state index is 0.563. The smallest absolute Gasteiger partial charge is 0.126 e. The third-order valence-corrected chi connectivity index (χ3v) is 4.12. The van der Waals surface area contributed by atoms with Crippen LogP contribution < -0.4 is 11.1 Å². The van der Waals surface area contributed by atoms with Crippen molar-refractivity contribution in [2.24, 2.45) is 5.92 Å². The van der Waals surface area contributed by atoms with Crippen LogP contribution in [0.1, 0.15) is 18.5 Å². The highest BCUT2D eigenvalue weighted by molar-refractivity contribution is 5.49. The van der Waals surface area contributed by atoms with E-state index in [2.05, 4.69) is 15.2 Å². The minimum absolute atomic E-state index is 0.563. The lowest BCUT2D eigenvalue weighted by molar-refractivity contribution is 0.0974. The molecule has 92 valence electrons.